The van der Waals surface area contributed by atoms with Crippen LogP contribution in [0.3, 0.4) is 0 Å². The second-order valence-corrected chi connectivity index (χ2v) is 6.08. The molecular formula is C13H26N2. The summed E-state index contributed by atoms with van der Waals surface area (Å²) in [6, 6.07) is 0.586. The summed E-state index contributed by atoms with van der Waals surface area (Å²) in [5.74, 6) is 9.43. The van der Waals surface area contributed by atoms with E-state index >= 15 is 0 Å². The lowest BCUT2D eigenvalue weighted by Crippen LogP contribution is -2.43. The molecule has 2 nitrogen and oxygen atoms in total. The van der Waals surface area contributed by atoms with Crippen molar-refractivity contribution in [2.45, 2.75) is 58.4 Å². The fourth-order valence-electron chi connectivity index (χ4n) is 3.72. The molecule has 0 aromatic rings. The lowest BCUT2D eigenvalue weighted by atomic mass is 9.81. The molecule has 0 radical (unpaired) electrons. The van der Waals surface area contributed by atoms with Gasteiger partial charge in [0.15, 0.2) is 0 Å². The maximum atomic E-state index is 5.72. The first-order chi connectivity index (χ1) is 7.20. The van der Waals surface area contributed by atoms with Gasteiger partial charge < -0.3 is 0 Å². The van der Waals surface area contributed by atoms with E-state index < -0.39 is 0 Å². The van der Waals surface area contributed by atoms with Crippen LogP contribution in [0.15, 0.2) is 0 Å². The monoisotopic (exact) mass is 210 g/mol. The van der Waals surface area contributed by atoms with E-state index in [9.17, 15) is 0 Å². The molecule has 0 aliphatic heterocycles. The highest BCUT2D eigenvalue weighted by Crippen LogP contribution is 2.50. The summed E-state index contributed by atoms with van der Waals surface area (Å²) < 4.78 is 0. The lowest BCUT2D eigenvalue weighted by molar-refractivity contribution is 0.231. The van der Waals surface area contributed by atoms with Crippen molar-refractivity contribution in [2.24, 2.45) is 29.5 Å². The van der Waals surface area contributed by atoms with E-state index in [1.807, 2.05) is 0 Å². The Morgan fingerprint density at radius 2 is 2.00 bits per heavy atom. The Labute approximate surface area is 94.0 Å². The van der Waals surface area contributed by atoms with Crippen LogP contribution in [-0.2, 0) is 0 Å². The van der Waals surface area contributed by atoms with Crippen LogP contribution in [0.4, 0.5) is 0 Å². The molecule has 2 fully saturated rings. The highest BCUT2D eigenvalue weighted by molar-refractivity contribution is 4.94. The zero-order chi connectivity index (χ0) is 10.8. The Balaban J connectivity index is 1.84. The van der Waals surface area contributed by atoms with Gasteiger partial charge in [-0.25, -0.2) is 0 Å². The Morgan fingerprint density at radius 1 is 1.20 bits per heavy atom. The molecule has 2 bridgehead atoms. The molecule has 2 heteroatoms. The average Bonchev–Trinajstić information content (AvgIpc) is 2.79. The van der Waals surface area contributed by atoms with E-state index in [2.05, 4.69) is 19.3 Å². The van der Waals surface area contributed by atoms with Gasteiger partial charge in [0.05, 0.1) is 0 Å². The SMILES string of the molecule is CC(C)CCC(NN)C1CC2CCC1C2. The third-order valence-corrected chi connectivity index (χ3v) is 4.58. The average molecular weight is 210 g/mol. The Bertz CT molecular complexity index is 203. The summed E-state index contributed by atoms with van der Waals surface area (Å²) in [5, 5.41) is 0. The number of nitrogens with one attached hydrogen (secondary N) is 1. The highest BCUT2D eigenvalue weighted by Gasteiger charge is 2.42. The molecule has 0 saturated heterocycles. The lowest BCUT2D eigenvalue weighted by Gasteiger charge is -2.30. The Kier molecular flexibility index (Phi) is 3.68. The minimum atomic E-state index is 0.586. The van der Waals surface area contributed by atoms with E-state index in [-0.39, 0.29) is 0 Å². The molecule has 4 unspecified atom stereocenters. The fraction of sp³-hybridized carbons (Fsp3) is 1.00. The highest BCUT2D eigenvalue weighted by atomic mass is 15.2. The van der Waals surface area contributed by atoms with Crippen LogP contribution < -0.4 is 11.3 Å². The van der Waals surface area contributed by atoms with E-state index in [0.29, 0.717) is 6.04 Å². The summed E-state index contributed by atoms with van der Waals surface area (Å²) in [7, 11) is 0. The largest absolute Gasteiger partial charge is 0.271 e. The third-order valence-electron chi connectivity index (χ3n) is 4.58. The molecule has 0 amide bonds. The first-order valence-electron chi connectivity index (χ1n) is 6.66. The Morgan fingerprint density at radius 3 is 2.47 bits per heavy atom. The molecule has 0 aromatic heterocycles. The van der Waals surface area contributed by atoms with Gasteiger partial charge in [-0.3, -0.25) is 11.3 Å². The molecule has 2 saturated carbocycles. The summed E-state index contributed by atoms with van der Waals surface area (Å²) in [4.78, 5) is 0. The Hall–Kier alpha value is -0.0800. The van der Waals surface area contributed by atoms with Crippen molar-refractivity contribution in [1.29, 1.82) is 0 Å². The maximum absolute atomic E-state index is 5.72. The molecule has 2 aliphatic carbocycles. The number of fused-ring (bicyclic) bond motifs is 2. The summed E-state index contributed by atoms with van der Waals surface area (Å²) in [6.45, 7) is 4.60. The first-order valence-corrected chi connectivity index (χ1v) is 6.66. The van der Waals surface area contributed by atoms with Crippen LogP contribution in [0, 0.1) is 23.7 Å². The van der Waals surface area contributed by atoms with Crippen molar-refractivity contribution in [2.75, 3.05) is 0 Å². The summed E-state index contributed by atoms with van der Waals surface area (Å²) in [6.07, 6.45) is 8.46. The van der Waals surface area contributed by atoms with Crippen LogP contribution in [0.25, 0.3) is 0 Å². The third kappa shape index (κ3) is 2.54. The predicted octanol–water partition coefficient (Wildman–Crippen LogP) is 2.69. The summed E-state index contributed by atoms with van der Waals surface area (Å²) in [5.41, 5.74) is 3.08. The zero-order valence-corrected chi connectivity index (χ0v) is 10.2. The van der Waals surface area contributed by atoms with Gasteiger partial charge in [0.2, 0.25) is 0 Å². The second kappa shape index (κ2) is 4.84. The molecule has 0 spiro atoms. The van der Waals surface area contributed by atoms with Crippen LogP contribution >= 0.6 is 0 Å². The molecule has 0 aromatic carbocycles. The molecule has 2 aliphatic rings. The van der Waals surface area contributed by atoms with Crippen LogP contribution in [0.5, 0.6) is 0 Å². The number of rotatable bonds is 5. The van der Waals surface area contributed by atoms with Gasteiger partial charge in [0.1, 0.15) is 0 Å². The van der Waals surface area contributed by atoms with Gasteiger partial charge in [0.25, 0.3) is 0 Å². The standard InChI is InChI=1S/C13H26N2/c1-9(2)3-6-13(15-14)12-8-10-4-5-11(12)7-10/h9-13,15H,3-8,14H2,1-2H3. The van der Waals surface area contributed by atoms with Crippen LogP contribution in [0.1, 0.15) is 52.4 Å². The maximum Gasteiger partial charge on any atom is 0.0241 e. The molecule has 4 atom stereocenters. The van der Waals surface area contributed by atoms with E-state index in [0.717, 1.165) is 23.7 Å². The topological polar surface area (TPSA) is 38.0 Å². The van der Waals surface area contributed by atoms with Gasteiger partial charge in [-0.1, -0.05) is 20.3 Å². The van der Waals surface area contributed by atoms with Gasteiger partial charge in [-0.2, -0.15) is 0 Å². The van der Waals surface area contributed by atoms with Gasteiger partial charge in [0, 0.05) is 6.04 Å². The van der Waals surface area contributed by atoms with Gasteiger partial charge >= 0.3 is 0 Å². The van der Waals surface area contributed by atoms with Crippen molar-refractivity contribution in [3.8, 4) is 0 Å². The number of hydrogen-bond acceptors (Lipinski definition) is 2. The molecule has 15 heavy (non-hydrogen) atoms. The van der Waals surface area contributed by atoms with Crippen LogP contribution in [-0.4, -0.2) is 6.04 Å². The van der Waals surface area contributed by atoms with Crippen LogP contribution in [0.2, 0.25) is 0 Å². The number of hydrogen-bond donors (Lipinski definition) is 2. The number of nitrogens with two attached hydrogens (primary N) is 1. The van der Waals surface area contributed by atoms with E-state index in [1.54, 1.807) is 0 Å². The fourth-order valence-corrected chi connectivity index (χ4v) is 3.72. The number of hydrazine groups is 1. The van der Waals surface area contributed by atoms with Crippen molar-refractivity contribution < 1.29 is 0 Å². The molecule has 3 N–H and O–H groups in total. The van der Waals surface area contributed by atoms with Gasteiger partial charge in [-0.15, -0.1) is 0 Å². The molecule has 88 valence electrons. The first kappa shape index (κ1) is 11.4. The van der Waals surface area contributed by atoms with E-state index in [4.69, 9.17) is 5.84 Å². The van der Waals surface area contributed by atoms with Crippen molar-refractivity contribution in [1.82, 2.24) is 5.43 Å². The zero-order valence-electron chi connectivity index (χ0n) is 10.2. The normalized spacial score (nSPS) is 36.4. The summed E-state index contributed by atoms with van der Waals surface area (Å²) >= 11 is 0. The predicted molar refractivity (Wildman–Crippen MR) is 64.1 cm³/mol. The van der Waals surface area contributed by atoms with Crippen molar-refractivity contribution in [3.05, 3.63) is 0 Å². The van der Waals surface area contributed by atoms with Crippen molar-refractivity contribution >= 4 is 0 Å². The smallest absolute Gasteiger partial charge is 0.0241 e. The molecule has 2 rings (SSSR count). The van der Waals surface area contributed by atoms with E-state index in [1.165, 1.54) is 38.5 Å². The molecule has 0 heterocycles. The minimum Gasteiger partial charge on any atom is -0.271 e. The second-order valence-electron chi connectivity index (χ2n) is 6.08. The minimum absolute atomic E-state index is 0.586. The molecular weight excluding hydrogens is 184 g/mol. The van der Waals surface area contributed by atoms with Gasteiger partial charge in [-0.05, 0) is 55.8 Å². The van der Waals surface area contributed by atoms with Crippen molar-refractivity contribution in [3.63, 3.8) is 0 Å². The quantitative estimate of drug-likeness (QED) is 0.541.